The predicted molar refractivity (Wildman–Crippen MR) is 127 cm³/mol. The second-order valence-electron chi connectivity index (χ2n) is 8.53. The molecule has 0 aromatic heterocycles. The monoisotopic (exact) mass is 443 g/mol. The van der Waals surface area contributed by atoms with Gasteiger partial charge in [-0.25, -0.2) is 4.79 Å². The van der Waals surface area contributed by atoms with E-state index in [1.54, 1.807) is 11.0 Å². The molecule has 8 nitrogen and oxygen atoms in total. The van der Waals surface area contributed by atoms with E-state index in [0.29, 0.717) is 44.0 Å². The van der Waals surface area contributed by atoms with Crippen molar-refractivity contribution in [1.29, 1.82) is 0 Å². The Morgan fingerprint density at radius 3 is 2.44 bits per heavy atom. The lowest BCUT2D eigenvalue weighted by atomic mass is 10.1. The molecule has 2 fully saturated rings. The van der Waals surface area contributed by atoms with E-state index in [2.05, 4.69) is 15.5 Å². The first kappa shape index (κ1) is 23.9. The molecule has 0 radical (unpaired) electrons. The SMILES string of the molecule is CCCNC(=O)Nc1ccc(N2CCCN(C(=O)C3CC3)CC2)c(C(=O)N(CC)CC)c1. The van der Waals surface area contributed by atoms with Crippen molar-refractivity contribution in [1.82, 2.24) is 15.1 Å². The summed E-state index contributed by atoms with van der Waals surface area (Å²) in [6.45, 7) is 10.7. The summed E-state index contributed by atoms with van der Waals surface area (Å²) in [6, 6.07) is 5.27. The molecule has 0 atom stereocenters. The standard InChI is InChI=1S/C24H37N5O3/c1-4-12-25-24(32)26-19-10-11-21(20(17-19)23(31)27(5-2)6-3)28-13-7-14-29(16-15-28)22(30)18-8-9-18/h10-11,17-18H,4-9,12-16H2,1-3H3,(H2,25,26,32). The van der Waals surface area contributed by atoms with E-state index in [1.807, 2.05) is 37.8 Å². The van der Waals surface area contributed by atoms with Gasteiger partial charge in [-0.3, -0.25) is 9.59 Å². The predicted octanol–water partition coefficient (Wildman–Crippen LogP) is 3.15. The van der Waals surface area contributed by atoms with E-state index in [1.165, 1.54) is 0 Å². The number of benzene rings is 1. The van der Waals surface area contributed by atoms with Crippen molar-refractivity contribution < 1.29 is 14.4 Å². The number of nitrogens with zero attached hydrogens (tertiary/aromatic N) is 3. The molecule has 2 N–H and O–H groups in total. The quantitative estimate of drug-likeness (QED) is 0.646. The minimum Gasteiger partial charge on any atom is -0.369 e. The van der Waals surface area contributed by atoms with E-state index in [4.69, 9.17) is 0 Å². The van der Waals surface area contributed by atoms with Crippen LogP contribution in [0.4, 0.5) is 16.2 Å². The average molecular weight is 444 g/mol. The highest BCUT2D eigenvalue weighted by atomic mass is 16.2. The van der Waals surface area contributed by atoms with Gasteiger partial charge in [-0.05, 0) is 57.7 Å². The van der Waals surface area contributed by atoms with Crippen LogP contribution in [0.15, 0.2) is 18.2 Å². The summed E-state index contributed by atoms with van der Waals surface area (Å²) in [5.41, 5.74) is 2.05. The van der Waals surface area contributed by atoms with Crippen LogP contribution in [0.25, 0.3) is 0 Å². The fourth-order valence-corrected chi connectivity index (χ4v) is 4.12. The molecule has 1 aromatic carbocycles. The first-order valence-electron chi connectivity index (χ1n) is 12.0. The van der Waals surface area contributed by atoms with E-state index >= 15 is 0 Å². The number of anilines is 2. The zero-order chi connectivity index (χ0) is 23.1. The molecule has 0 spiro atoms. The maximum absolute atomic E-state index is 13.3. The van der Waals surface area contributed by atoms with Gasteiger partial charge in [-0.1, -0.05) is 6.92 Å². The zero-order valence-corrected chi connectivity index (χ0v) is 19.7. The van der Waals surface area contributed by atoms with Gasteiger partial charge in [0.2, 0.25) is 5.91 Å². The summed E-state index contributed by atoms with van der Waals surface area (Å²) in [4.78, 5) is 44.0. The van der Waals surface area contributed by atoms with Crippen LogP contribution in [0.3, 0.4) is 0 Å². The fraction of sp³-hybridized carbons (Fsp3) is 0.625. The van der Waals surface area contributed by atoms with Crippen molar-refractivity contribution in [2.24, 2.45) is 5.92 Å². The zero-order valence-electron chi connectivity index (χ0n) is 19.7. The Morgan fingerprint density at radius 2 is 1.78 bits per heavy atom. The Hall–Kier alpha value is -2.77. The van der Waals surface area contributed by atoms with Crippen LogP contribution >= 0.6 is 0 Å². The molecule has 1 saturated carbocycles. The van der Waals surface area contributed by atoms with Crippen LogP contribution in [0.1, 0.15) is 56.8 Å². The maximum Gasteiger partial charge on any atom is 0.319 e. The molecule has 0 unspecified atom stereocenters. The van der Waals surface area contributed by atoms with Crippen LogP contribution in [-0.2, 0) is 4.79 Å². The van der Waals surface area contributed by atoms with Crippen LogP contribution in [0, 0.1) is 5.92 Å². The molecular formula is C24H37N5O3. The summed E-state index contributed by atoms with van der Waals surface area (Å²) in [5.74, 6) is 0.465. The Balaban J connectivity index is 1.82. The number of urea groups is 1. The van der Waals surface area contributed by atoms with Crippen LogP contribution in [0.2, 0.25) is 0 Å². The first-order valence-corrected chi connectivity index (χ1v) is 12.0. The van der Waals surface area contributed by atoms with Gasteiger partial charge >= 0.3 is 6.03 Å². The molecule has 1 aromatic rings. The number of amides is 4. The van der Waals surface area contributed by atoms with E-state index in [-0.39, 0.29) is 23.8 Å². The van der Waals surface area contributed by atoms with Crippen molar-refractivity contribution in [2.75, 3.05) is 56.0 Å². The number of carbonyl (C=O) groups excluding carboxylic acids is 3. The van der Waals surface area contributed by atoms with Gasteiger partial charge in [0.25, 0.3) is 5.91 Å². The molecule has 1 heterocycles. The van der Waals surface area contributed by atoms with E-state index < -0.39 is 0 Å². The minimum absolute atomic E-state index is 0.0437. The summed E-state index contributed by atoms with van der Waals surface area (Å²) in [6.07, 6.45) is 3.76. The molecule has 32 heavy (non-hydrogen) atoms. The summed E-state index contributed by atoms with van der Waals surface area (Å²) in [5, 5.41) is 5.64. The molecule has 0 bridgehead atoms. The number of nitrogens with one attached hydrogen (secondary N) is 2. The summed E-state index contributed by atoms with van der Waals surface area (Å²) < 4.78 is 0. The number of carbonyl (C=O) groups is 3. The number of hydrogen-bond donors (Lipinski definition) is 2. The minimum atomic E-state index is -0.273. The first-order chi connectivity index (χ1) is 15.5. The van der Waals surface area contributed by atoms with Gasteiger partial charge < -0.3 is 25.3 Å². The topological polar surface area (TPSA) is 85.0 Å². The molecule has 1 aliphatic heterocycles. The van der Waals surface area contributed by atoms with Crippen molar-refractivity contribution >= 4 is 29.2 Å². The second kappa shape index (κ2) is 11.2. The Labute approximate surface area is 191 Å². The Kier molecular flexibility index (Phi) is 8.36. The molecule has 176 valence electrons. The highest BCUT2D eigenvalue weighted by molar-refractivity contribution is 6.02. The highest BCUT2D eigenvalue weighted by Crippen LogP contribution is 2.32. The average Bonchev–Trinajstić information content (AvgIpc) is 3.65. The van der Waals surface area contributed by atoms with Crippen LogP contribution < -0.4 is 15.5 Å². The lowest BCUT2D eigenvalue weighted by Gasteiger charge is -2.28. The third-order valence-electron chi connectivity index (χ3n) is 6.15. The second-order valence-corrected chi connectivity index (χ2v) is 8.53. The smallest absolute Gasteiger partial charge is 0.319 e. The van der Waals surface area contributed by atoms with Crippen LogP contribution in [0.5, 0.6) is 0 Å². The molecule has 1 aliphatic carbocycles. The van der Waals surface area contributed by atoms with Gasteiger partial charge in [0.1, 0.15) is 0 Å². The number of hydrogen-bond acceptors (Lipinski definition) is 4. The van der Waals surface area contributed by atoms with Gasteiger partial charge in [-0.2, -0.15) is 0 Å². The maximum atomic E-state index is 13.3. The van der Waals surface area contributed by atoms with Gasteiger partial charge in [0.05, 0.1) is 5.56 Å². The van der Waals surface area contributed by atoms with Crippen molar-refractivity contribution in [3.63, 3.8) is 0 Å². The molecule has 8 heteroatoms. The molecular weight excluding hydrogens is 406 g/mol. The molecule has 2 aliphatic rings. The molecule has 1 saturated heterocycles. The van der Waals surface area contributed by atoms with E-state index in [9.17, 15) is 14.4 Å². The van der Waals surface area contributed by atoms with Gasteiger partial charge in [0, 0.05) is 63.1 Å². The highest BCUT2D eigenvalue weighted by Gasteiger charge is 2.34. The molecule has 4 amide bonds. The normalized spacial score (nSPS) is 16.3. The molecule has 3 rings (SSSR count). The van der Waals surface area contributed by atoms with Crippen molar-refractivity contribution in [2.45, 2.75) is 46.5 Å². The Bertz CT molecular complexity index is 820. The van der Waals surface area contributed by atoms with Gasteiger partial charge in [-0.15, -0.1) is 0 Å². The lowest BCUT2D eigenvalue weighted by Crippen LogP contribution is -2.37. The lowest BCUT2D eigenvalue weighted by molar-refractivity contribution is -0.132. The third kappa shape index (κ3) is 5.93. The van der Waals surface area contributed by atoms with Crippen LogP contribution in [-0.4, -0.2) is 73.5 Å². The Morgan fingerprint density at radius 1 is 1.03 bits per heavy atom. The van der Waals surface area contributed by atoms with Crippen molar-refractivity contribution in [3.05, 3.63) is 23.8 Å². The largest absolute Gasteiger partial charge is 0.369 e. The fourth-order valence-electron chi connectivity index (χ4n) is 4.12. The number of rotatable bonds is 8. The third-order valence-corrected chi connectivity index (χ3v) is 6.15. The summed E-state index contributed by atoms with van der Waals surface area (Å²) >= 11 is 0. The van der Waals surface area contributed by atoms with E-state index in [0.717, 1.165) is 44.5 Å². The van der Waals surface area contributed by atoms with Gasteiger partial charge in [0.15, 0.2) is 0 Å². The van der Waals surface area contributed by atoms with Crippen molar-refractivity contribution in [3.8, 4) is 0 Å². The summed E-state index contributed by atoms with van der Waals surface area (Å²) in [7, 11) is 0.